The van der Waals surface area contributed by atoms with E-state index < -0.39 is 12.1 Å². The first-order valence-corrected chi connectivity index (χ1v) is 11.1. The largest absolute Gasteiger partial charge is 0.470 e. The number of aromatic nitrogens is 2. The van der Waals surface area contributed by atoms with Crippen LogP contribution in [-0.4, -0.2) is 40.0 Å². The van der Waals surface area contributed by atoms with Crippen molar-refractivity contribution in [3.63, 3.8) is 0 Å². The molecule has 0 spiro atoms. The molecule has 10 heteroatoms. The van der Waals surface area contributed by atoms with Crippen LogP contribution < -0.4 is 4.90 Å². The van der Waals surface area contributed by atoms with Crippen molar-refractivity contribution in [1.82, 2.24) is 15.1 Å². The van der Waals surface area contributed by atoms with E-state index in [9.17, 15) is 18.0 Å². The van der Waals surface area contributed by atoms with Gasteiger partial charge in [0.1, 0.15) is 0 Å². The first-order valence-electron chi connectivity index (χ1n) is 10.5. The highest BCUT2D eigenvalue weighted by Crippen LogP contribution is 2.30. The zero-order valence-corrected chi connectivity index (χ0v) is 19.2. The number of aryl methyl sites for hydroxylation is 1. The Morgan fingerprint density at radius 1 is 1.06 bits per heavy atom. The molecule has 3 aromatic rings. The van der Waals surface area contributed by atoms with Crippen LogP contribution in [0.3, 0.4) is 0 Å². The normalized spacial score (nSPS) is 11.5. The number of rotatable bonds is 8. The van der Waals surface area contributed by atoms with E-state index in [1.54, 1.807) is 34.1 Å². The van der Waals surface area contributed by atoms with E-state index in [1.165, 1.54) is 0 Å². The highest BCUT2D eigenvalue weighted by molar-refractivity contribution is 7.80. The third-order valence-corrected chi connectivity index (χ3v) is 5.18. The Labute approximate surface area is 195 Å². The molecule has 176 valence electrons. The van der Waals surface area contributed by atoms with E-state index in [-0.39, 0.29) is 18.5 Å². The minimum Gasteiger partial charge on any atom is -0.413 e. The molecule has 0 atom stereocenters. The van der Waals surface area contributed by atoms with E-state index in [0.717, 1.165) is 23.2 Å². The van der Waals surface area contributed by atoms with E-state index >= 15 is 0 Å². The molecule has 0 N–H and O–H groups in total. The zero-order chi connectivity index (χ0) is 24.0. The minimum absolute atomic E-state index is 0.129. The first-order chi connectivity index (χ1) is 15.7. The lowest BCUT2D eigenvalue weighted by molar-refractivity contribution is -0.156. The van der Waals surface area contributed by atoms with Crippen LogP contribution in [0.15, 0.2) is 52.9 Å². The molecule has 1 heterocycles. The van der Waals surface area contributed by atoms with Crippen LogP contribution in [-0.2, 0) is 12.7 Å². The van der Waals surface area contributed by atoms with Gasteiger partial charge in [-0.25, -0.2) is 4.79 Å². The molecule has 2 amide bonds. The summed E-state index contributed by atoms with van der Waals surface area (Å²) in [7, 11) is 0. The van der Waals surface area contributed by atoms with Gasteiger partial charge in [-0.15, -0.1) is 10.2 Å². The second-order valence-corrected chi connectivity index (χ2v) is 7.92. The van der Waals surface area contributed by atoms with Gasteiger partial charge in [-0.3, -0.25) is 4.90 Å². The number of para-hydroxylation sites is 1. The van der Waals surface area contributed by atoms with Gasteiger partial charge in [0.15, 0.2) is 0 Å². The summed E-state index contributed by atoms with van der Waals surface area (Å²) >= 11 is 4.29. The maximum atomic E-state index is 13.4. The van der Waals surface area contributed by atoms with E-state index in [0.29, 0.717) is 24.4 Å². The van der Waals surface area contributed by atoms with Crippen LogP contribution in [0.25, 0.3) is 11.5 Å². The van der Waals surface area contributed by atoms with Gasteiger partial charge in [-0.05, 0) is 42.7 Å². The van der Waals surface area contributed by atoms with Crippen molar-refractivity contribution in [2.75, 3.05) is 23.7 Å². The summed E-state index contributed by atoms with van der Waals surface area (Å²) in [5.74, 6) is -1.06. The van der Waals surface area contributed by atoms with E-state index in [2.05, 4.69) is 22.8 Å². The summed E-state index contributed by atoms with van der Waals surface area (Å²) in [5, 5.41) is 6.54. The van der Waals surface area contributed by atoms with Crippen molar-refractivity contribution in [2.45, 2.75) is 33.0 Å². The SMILES string of the molecule is CCCN(CCS)C(=O)N(Cc1ccc(-c2nnc(C(F)(F)F)o2)cc1)c1ccccc1C. The molecule has 2 aromatic carbocycles. The fourth-order valence-electron chi connectivity index (χ4n) is 3.38. The lowest BCUT2D eigenvalue weighted by Gasteiger charge is -2.31. The highest BCUT2D eigenvalue weighted by Gasteiger charge is 2.38. The van der Waals surface area contributed by atoms with E-state index in [1.807, 2.05) is 38.1 Å². The summed E-state index contributed by atoms with van der Waals surface area (Å²) in [5.41, 5.74) is 2.90. The quantitative estimate of drug-likeness (QED) is 0.414. The molecule has 0 saturated heterocycles. The molecule has 0 aliphatic heterocycles. The maximum absolute atomic E-state index is 13.4. The Morgan fingerprint density at radius 2 is 1.76 bits per heavy atom. The van der Waals surface area contributed by atoms with Gasteiger partial charge in [0.05, 0.1) is 6.54 Å². The van der Waals surface area contributed by atoms with Crippen molar-refractivity contribution in [1.29, 1.82) is 0 Å². The van der Waals surface area contributed by atoms with Crippen LogP contribution in [0.1, 0.15) is 30.4 Å². The fourth-order valence-corrected chi connectivity index (χ4v) is 3.62. The monoisotopic (exact) mass is 478 g/mol. The molecule has 0 aliphatic carbocycles. The molecule has 0 radical (unpaired) electrons. The fraction of sp³-hybridized carbons (Fsp3) is 0.348. The minimum atomic E-state index is -4.70. The van der Waals surface area contributed by atoms with Crippen LogP contribution in [0.4, 0.5) is 23.7 Å². The lowest BCUT2D eigenvalue weighted by atomic mass is 10.1. The van der Waals surface area contributed by atoms with Gasteiger partial charge in [0.25, 0.3) is 0 Å². The summed E-state index contributed by atoms with van der Waals surface area (Å²) in [4.78, 5) is 16.9. The number of amides is 2. The number of hydrogen-bond acceptors (Lipinski definition) is 5. The van der Waals surface area contributed by atoms with Gasteiger partial charge in [0, 0.05) is 30.1 Å². The van der Waals surface area contributed by atoms with Crippen LogP contribution >= 0.6 is 12.6 Å². The lowest BCUT2D eigenvalue weighted by Crippen LogP contribution is -2.44. The number of halogens is 3. The maximum Gasteiger partial charge on any atom is 0.470 e. The predicted octanol–water partition coefficient (Wildman–Crippen LogP) is 5.83. The van der Waals surface area contributed by atoms with Gasteiger partial charge in [-0.1, -0.05) is 37.3 Å². The number of thiol groups is 1. The van der Waals surface area contributed by atoms with Gasteiger partial charge in [0.2, 0.25) is 5.89 Å². The Bertz CT molecular complexity index is 1060. The molecule has 33 heavy (non-hydrogen) atoms. The third-order valence-electron chi connectivity index (χ3n) is 4.98. The Balaban J connectivity index is 1.87. The molecule has 3 rings (SSSR count). The van der Waals surface area contributed by atoms with Crippen LogP contribution in [0.5, 0.6) is 0 Å². The molecule has 1 aromatic heterocycles. The summed E-state index contributed by atoms with van der Waals surface area (Å²) in [6, 6.07) is 14.1. The van der Waals surface area contributed by atoms with Crippen molar-refractivity contribution in [3.05, 3.63) is 65.5 Å². The summed E-state index contributed by atoms with van der Waals surface area (Å²) in [6.45, 7) is 5.37. The number of benzene rings is 2. The Hall–Kier alpha value is -3.01. The number of alkyl halides is 3. The molecule has 0 saturated carbocycles. The summed E-state index contributed by atoms with van der Waals surface area (Å²) in [6.07, 6.45) is -3.88. The standard InChI is InChI=1S/C23H25F3N4O2S/c1-3-12-29(13-14-33)22(31)30(19-7-5-4-6-16(19)2)15-17-8-10-18(11-9-17)20-27-28-21(32-20)23(24,25)26/h4-11,33H,3,12-15H2,1-2H3. The van der Waals surface area contributed by atoms with E-state index in [4.69, 9.17) is 4.42 Å². The number of urea groups is 1. The number of anilines is 1. The Morgan fingerprint density at radius 3 is 2.33 bits per heavy atom. The topological polar surface area (TPSA) is 62.5 Å². The first kappa shape index (κ1) is 24.6. The van der Waals surface area contributed by atoms with Crippen LogP contribution in [0, 0.1) is 6.92 Å². The zero-order valence-electron chi connectivity index (χ0n) is 18.3. The molecule has 6 nitrogen and oxygen atoms in total. The van der Waals surface area contributed by atoms with Crippen molar-refractivity contribution in [3.8, 4) is 11.5 Å². The van der Waals surface area contributed by atoms with Crippen molar-refractivity contribution < 1.29 is 22.4 Å². The molecular weight excluding hydrogens is 453 g/mol. The van der Waals surface area contributed by atoms with Crippen molar-refractivity contribution >= 4 is 24.3 Å². The average Bonchev–Trinajstić information content (AvgIpc) is 3.29. The number of carbonyl (C=O) groups is 1. The highest BCUT2D eigenvalue weighted by atomic mass is 32.1. The number of nitrogens with zero attached hydrogens (tertiary/aromatic N) is 4. The predicted molar refractivity (Wildman–Crippen MR) is 123 cm³/mol. The molecule has 0 bridgehead atoms. The molecular formula is C23H25F3N4O2S. The Kier molecular flexibility index (Phi) is 8.01. The number of carbonyl (C=O) groups excluding carboxylic acids is 1. The van der Waals surface area contributed by atoms with Crippen molar-refractivity contribution in [2.24, 2.45) is 0 Å². The second-order valence-electron chi connectivity index (χ2n) is 7.47. The smallest absolute Gasteiger partial charge is 0.413 e. The molecule has 0 unspecified atom stereocenters. The van der Waals surface area contributed by atoms with Crippen LogP contribution in [0.2, 0.25) is 0 Å². The third kappa shape index (κ3) is 6.07. The van der Waals surface area contributed by atoms with Gasteiger partial charge < -0.3 is 9.32 Å². The summed E-state index contributed by atoms with van der Waals surface area (Å²) < 4.78 is 42.9. The molecule has 0 fully saturated rings. The van der Waals surface area contributed by atoms with Gasteiger partial charge >= 0.3 is 18.1 Å². The number of hydrogen-bond donors (Lipinski definition) is 1. The van der Waals surface area contributed by atoms with Gasteiger partial charge in [-0.2, -0.15) is 25.8 Å². The molecule has 0 aliphatic rings. The average molecular weight is 479 g/mol. The second kappa shape index (κ2) is 10.7.